The Morgan fingerprint density at radius 3 is 2.87 bits per heavy atom. The van der Waals surface area contributed by atoms with E-state index in [1.807, 2.05) is 30.2 Å². The number of guanidine groups is 1. The van der Waals surface area contributed by atoms with Crippen molar-refractivity contribution in [1.29, 1.82) is 0 Å². The van der Waals surface area contributed by atoms with Crippen LogP contribution in [-0.4, -0.2) is 85.1 Å². The van der Waals surface area contributed by atoms with Gasteiger partial charge in [-0.25, -0.2) is 0 Å². The number of hydrogen-bond donors (Lipinski definition) is 1. The molecular weight excluding hydrogens is 292 g/mol. The van der Waals surface area contributed by atoms with Crippen molar-refractivity contribution < 1.29 is 4.74 Å². The van der Waals surface area contributed by atoms with Crippen molar-refractivity contribution in [2.24, 2.45) is 10.9 Å². The van der Waals surface area contributed by atoms with E-state index in [1.54, 1.807) is 0 Å². The highest BCUT2D eigenvalue weighted by Crippen LogP contribution is 2.15. The van der Waals surface area contributed by atoms with Gasteiger partial charge in [-0.2, -0.15) is 5.10 Å². The molecule has 128 valence electrons. The van der Waals surface area contributed by atoms with E-state index in [4.69, 9.17) is 4.74 Å². The standard InChI is InChI=1S/C16H28N6O/c1-17-16(18-5-7-22-6-2-4-19-22)21-10-8-20(9-11-21)13-15-3-12-23-14-15/h2,4,6,15H,3,5,7-14H2,1H3,(H,17,18). The lowest BCUT2D eigenvalue weighted by molar-refractivity contribution is 0.139. The number of hydrogen-bond acceptors (Lipinski definition) is 4. The van der Waals surface area contributed by atoms with Gasteiger partial charge in [-0.15, -0.1) is 0 Å². The molecule has 3 heterocycles. The first-order valence-corrected chi connectivity index (χ1v) is 8.58. The van der Waals surface area contributed by atoms with E-state index in [9.17, 15) is 0 Å². The topological polar surface area (TPSA) is 57.9 Å². The SMILES string of the molecule is CN=C(NCCn1cccn1)N1CCN(CC2CCOC2)CC1. The maximum Gasteiger partial charge on any atom is 0.193 e. The number of piperazine rings is 1. The summed E-state index contributed by atoms with van der Waals surface area (Å²) in [5, 5.41) is 7.66. The summed E-state index contributed by atoms with van der Waals surface area (Å²) in [5.74, 6) is 1.73. The van der Waals surface area contributed by atoms with E-state index >= 15 is 0 Å². The fourth-order valence-electron chi connectivity index (χ4n) is 3.28. The van der Waals surface area contributed by atoms with Crippen LogP contribution in [0.5, 0.6) is 0 Å². The minimum absolute atomic E-state index is 0.730. The molecule has 7 heteroatoms. The van der Waals surface area contributed by atoms with Crippen molar-refractivity contribution in [3.05, 3.63) is 18.5 Å². The van der Waals surface area contributed by atoms with Crippen LogP contribution in [0, 0.1) is 5.92 Å². The van der Waals surface area contributed by atoms with Crippen LogP contribution in [0.25, 0.3) is 0 Å². The molecule has 3 rings (SSSR count). The quantitative estimate of drug-likeness (QED) is 0.617. The molecule has 2 aliphatic rings. The maximum absolute atomic E-state index is 5.48. The number of rotatable bonds is 5. The molecule has 1 unspecified atom stereocenters. The molecule has 0 aliphatic carbocycles. The Morgan fingerprint density at radius 1 is 1.35 bits per heavy atom. The predicted molar refractivity (Wildman–Crippen MR) is 90.5 cm³/mol. The summed E-state index contributed by atoms with van der Waals surface area (Å²) in [4.78, 5) is 9.34. The molecule has 2 fully saturated rings. The molecule has 0 radical (unpaired) electrons. The zero-order valence-corrected chi connectivity index (χ0v) is 14.0. The van der Waals surface area contributed by atoms with Gasteiger partial charge < -0.3 is 15.0 Å². The molecule has 1 aromatic rings. The van der Waals surface area contributed by atoms with Gasteiger partial charge in [0.25, 0.3) is 0 Å². The Bertz CT molecular complexity index is 475. The number of aromatic nitrogens is 2. The van der Waals surface area contributed by atoms with Gasteiger partial charge in [-0.3, -0.25) is 14.6 Å². The average Bonchev–Trinajstić information content (AvgIpc) is 3.26. The molecule has 7 nitrogen and oxygen atoms in total. The maximum atomic E-state index is 5.48. The number of ether oxygens (including phenoxy) is 1. The van der Waals surface area contributed by atoms with Crippen LogP contribution >= 0.6 is 0 Å². The largest absolute Gasteiger partial charge is 0.381 e. The van der Waals surface area contributed by atoms with Gasteiger partial charge in [-0.1, -0.05) is 0 Å². The van der Waals surface area contributed by atoms with Crippen molar-refractivity contribution in [1.82, 2.24) is 24.9 Å². The fourth-order valence-corrected chi connectivity index (χ4v) is 3.28. The van der Waals surface area contributed by atoms with Gasteiger partial charge >= 0.3 is 0 Å². The first-order valence-electron chi connectivity index (χ1n) is 8.58. The lowest BCUT2D eigenvalue weighted by atomic mass is 10.1. The van der Waals surface area contributed by atoms with E-state index in [0.29, 0.717) is 0 Å². The zero-order valence-electron chi connectivity index (χ0n) is 14.0. The van der Waals surface area contributed by atoms with Gasteiger partial charge in [0.05, 0.1) is 13.2 Å². The Hall–Kier alpha value is -1.60. The average molecular weight is 320 g/mol. The lowest BCUT2D eigenvalue weighted by Crippen LogP contribution is -2.53. The van der Waals surface area contributed by atoms with Gasteiger partial charge in [-0.05, 0) is 18.4 Å². The summed E-state index contributed by atoms with van der Waals surface area (Å²) in [6.45, 7) is 9.05. The van der Waals surface area contributed by atoms with Crippen molar-refractivity contribution in [2.45, 2.75) is 13.0 Å². The molecule has 1 atom stereocenters. The molecule has 1 N–H and O–H groups in total. The minimum atomic E-state index is 0.730. The van der Waals surface area contributed by atoms with Crippen LogP contribution in [0.1, 0.15) is 6.42 Å². The second-order valence-corrected chi connectivity index (χ2v) is 6.26. The van der Waals surface area contributed by atoms with Gasteiger partial charge in [0.15, 0.2) is 5.96 Å². The summed E-state index contributed by atoms with van der Waals surface area (Å²) in [5.41, 5.74) is 0. The number of aliphatic imine (C=N–C) groups is 1. The second kappa shape index (κ2) is 8.31. The first-order chi connectivity index (χ1) is 11.3. The summed E-state index contributed by atoms with van der Waals surface area (Å²) in [6.07, 6.45) is 5.01. The molecule has 0 spiro atoms. The molecule has 0 saturated carbocycles. The summed E-state index contributed by atoms with van der Waals surface area (Å²) >= 11 is 0. The molecule has 1 aromatic heterocycles. The van der Waals surface area contributed by atoms with E-state index in [2.05, 4.69) is 25.2 Å². The smallest absolute Gasteiger partial charge is 0.193 e. The highest BCUT2D eigenvalue weighted by molar-refractivity contribution is 5.79. The monoisotopic (exact) mass is 320 g/mol. The minimum Gasteiger partial charge on any atom is -0.381 e. The Morgan fingerprint density at radius 2 is 2.22 bits per heavy atom. The molecule has 23 heavy (non-hydrogen) atoms. The highest BCUT2D eigenvalue weighted by Gasteiger charge is 2.23. The normalized spacial score (nSPS) is 23.4. The molecule has 2 aliphatic heterocycles. The van der Waals surface area contributed by atoms with E-state index in [0.717, 1.165) is 64.4 Å². The van der Waals surface area contributed by atoms with E-state index < -0.39 is 0 Å². The van der Waals surface area contributed by atoms with E-state index in [-0.39, 0.29) is 0 Å². The third-order valence-corrected chi connectivity index (χ3v) is 4.61. The van der Waals surface area contributed by atoms with Crippen molar-refractivity contribution in [3.8, 4) is 0 Å². The predicted octanol–water partition coefficient (Wildman–Crippen LogP) is 0.113. The Kier molecular flexibility index (Phi) is 5.87. The zero-order chi connectivity index (χ0) is 15.9. The van der Waals surface area contributed by atoms with Crippen LogP contribution < -0.4 is 5.32 Å². The number of nitrogens with one attached hydrogen (secondary N) is 1. The Balaban J connectivity index is 1.38. The second-order valence-electron chi connectivity index (χ2n) is 6.26. The third-order valence-electron chi connectivity index (χ3n) is 4.61. The summed E-state index contributed by atoms with van der Waals surface area (Å²) in [7, 11) is 1.86. The fraction of sp³-hybridized carbons (Fsp3) is 0.750. The molecular formula is C16H28N6O. The van der Waals surface area contributed by atoms with Gasteiger partial charge in [0, 0.05) is 65.3 Å². The van der Waals surface area contributed by atoms with Gasteiger partial charge in [0.1, 0.15) is 0 Å². The molecule has 0 amide bonds. The van der Waals surface area contributed by atoms with Crippen molar-refractivity contribution in [3.63, 3.8) is 0 Å². The first kappa shape index (κ1) is 16.3. The van der Waals surface area contributed by atoms with Crippen LogP contribution in [0.15, 0.2) is 23.5 Å². The van der Waals surface area contributed by atoms with Crippen molar-refractivity contribution >= 4 is 5.96 Å². The Labute approximate surface area is 138 Å². The molecule has 2 saturated heterocycles. The highest BCUT2D eigenvalue weighted by atomic mass is 16.5. The van der Waals surface area contributed by atoms with Crippen LogP contribution in [0.3, 0.4) is 0 Å². The van der Waals surface area contributed by atoms with Crippen LogP contribution in [0.2, 0.25) is 0 Å². The molecule has 0 bridgehead atoms. The van der Waals surface area contributed by atoms with Gasteiger partial charge in [0.2, 0.25) is 0 Å². The van der Waals surface area contributed by atoms with E-state index in [1.165, 1.54) is 13.0 Å². The summed E-state index contributed by atoms with van der Waals surface area (Å²) < 4.78 is 7.41. The van der Waals surface area contributed by atoms with Crippen LogP contribution in [-0.2, 0) is 11.3 Å². The summed E-state index contributed by atoms with van der Waals surface area (Å²) in [6, 6.07) is 1.95. The molecule has 0 aromatic carbocycles. The lowest BCUT2D eigenvalue weighted by Gasteiger charge is -2.37. The number of nitrogens with zero attached hydrogens (tertiary/aromatic N) is 5. The van der Waals surface area contributed by atoms with Crippen LogP contribution in [0.4, 0.5) is 0 Å². The third kappa shape index (κ3) is 4.68. The van der Waals surface area contributed by atoms with Crippen molar-refractivity contribution in [2.75, 3.05) is 59.5 Å².